The molecule has 0 fully saturated rings. The van der Waals surface area contributed by atoms with Crippen molar-refractivity contribution in [1.82, 2.24) is 19.7 Å². The van der Waals surface area contributed by atoms with Gasteiger partial charge >= 0.3 is 0 Å². The summed E-state index contributed by atoms with van der Waals surface area (Å²) >= 11 is 0. The molecule has 7 heteroatoms. The normalized spacial score (nSPS) is 10.4. The van der Waals surface area contributed by atoms with E-state index < -0.39 is 0 Å². The molecule has 0 aliphatic heterocycles. The molecule has 0 radical (unpaired) electrons. The summed E-state index contributed by atoms with van der Waals surface area (Å²) in [6, 6.07) is 1.66. The van der Waals surface area contributed by atoms with Crippen molar-refractivity contribution in [3.63, 3.8) is 0 Å². The molecule has 0 saturated carbocycles. The maximum absolute atomic E-state index is 12.2. The molecule has 2 aromatic heterocycles. The van der Waals surface area contributed by atoms with Crippen molar-refractivity contribution in [2.45, 2.75) is 20.4 Å². The molecule has 2 heterocycles. The zero-order valence-electron chi connectivity index (χ0n) is 12.1. The number of rotatable bonds is 4. The van der Waals surface area contributed by atoms with Crippen LogP contribution in [0, 0.1) is 6.92 Å². The highest BCUT2D eigenvalue weighted by Gasteiger charge is 2.12. The predicted octanol–water partition coefficient (Wildman–Crippen LogP) is 1.32. The molecular weight excluding hydrogens is 256 g/mol. The summed E-state index contributed by atoms with van der Waals surface area (Å²) in [5.41, 5.74) is 1.74. The van der Waals surface area contributed by atoms with E-state index in [0.717, 1.165) is 12.2 Å². The Kier molecular flexibility index (Phi) is 3.97. The largest absolute Gasteiger partial charge is 0.347 e. The third-order valence-corrected chi connectivity index (χ3v) is 2.69. The minimum atomic E-state index is -0.269. The number of hydrogen-bond acceptors (Lipinski definition) is 5. The van der Waals surface area contributed by atoms with E-state index in [9.17, 15) is 4.79 Å². The van der Waals surface area contributed by atoms with Crippen molar-refractivity contribution in [2.24, 2.45) is 0 Å². The number of aromatic nitrogens is 4. The predicted molar refractivity (Wildman–Crippen MR) is 77.0 cm³/mol. The van der Waals surface area contributed by atoms with Crippen LogP contribution >= 0.6 is 0 Å². The summed E-state index contributed by atoms with van der Waals surface area (Å²) in [5, 5.41) is 6.88. The van der Waals surface area contributed by atoms with Gasteiger partial charge in [-0.2, -0.15) is 5.10 Å². The zero-order chi connectivity index (χ0) is 14.7. The third-order valence-electron chi connectivity index (χ3n) is 2.69. The first kappa shape index (κ1) is 14.0. The number of aryl methyl sites for hydroxylation is 2. The van der Waals surface area contributed by atoms with Gasteiger partial charge in [-0.3, -0.25) is 9.48 Å². The summed E-state index contributed by atoms with van der Waals surface area (Å²) in [6.45, 7) is 4.57. The molecule has 0 unspecified atom stereocenters. The summed E-state index contributed by atoms with van der Waals surface area (Å²) in [6.07, 6.45) is 3.39. The minimum Gasteiger partial charge on any atom is -0.347 e. The van der Waals surface area contributed by atoms with Crippen LogP contribution in [0.4, 0.5) is 11.6 Å². The van der Waals surface area contributed by atoms with E-state index in [4.69, 9.17) is 0 Å². The van der Waals surface area contributed by atoms with Crippen molar-refractivity contribution in [1.29, 1.82) is 0 Å². The second kappa shape index (κ2) is 5.68. The van der Waals surface area contributed by atoms with E-state index in [0.29, 0.717) is 17.3 Å². The van der Waals surface area contributed by atoms with Crippen molar-refractivity contribution in [3.05, 3.63) is 29.8 Å². The number of nitrogens with zero attached hydrogens (tertiary/aromatic N) is 5. The molecule has 20 heavy (non-hydrogen) atoms. The quantitative estimate of drug-likeness (QED) is 0.910. The van der Waals surface area contributed by atoms with Gasteiger partial charge in [-0.1, -0.05) is 0 Å². The summed E-state index contributed by atoms with van der Waals surface area (Å²) < 4.78 is 1.74. The molecule has 0 bridgehead atoms. The summed E-state index contributed by atoms with van der Waals surface area (Å²) in [5.74, 6) is 0.244. The highest BCUT2D eigenvalue weighted by atomic mass is 16.1. The first-order valence-corrected chi connectivity index (χ1v) is 6.36. The monoisotopic (exact) mass is 274 g/mol. The van der Waals surface area contributed by atoms with Crippen molar-refractivity contribution < 1.29 is 4.79 Å². The molecule has 0 atom stereocenters. The molecule has 2 aromatic rings. The second-order valence-corrected chi connectivity index (χ2v) is 4.63. The van der Waals surface area contributed by atoms with Crippen LogP contribution in [-0.2, 0) is 6.54 Å². The van der Waals surface area contributed by atoms with Gasteiger partial charge in [0.1, 0.15) is 5.69 Å². The van der Waals surface area contributed by atoms with Gasteiger partial charge in [-0.25, -0.2) is 9.97 Å². The maximum Gasteiger partial charge on any atom is 0.274 e. The lowest BCUT2D eigenvalue weighted by Crippen LogP contribution is -2.19. The van der Waals surface area contributed by atoms with Gasteiger partial charge in [0.2, 0.25) is 5.95 Å². The Balaban J connectivity index is 2.20. The SMILES string of the molecule is CCn1cc(NC(=O)c2cc(C)nc(N(C)C)n2)cn1. The van der Waals surface area contributed by atoms with Gasteiger partial charge in [0, 0.05) is 32.5 Å². The van der Waals surface area contributed by atoms with Crippen LogP contribution in [0.15, 0.2) is 18.5 Å². The fourth-order valence-corrected chi connectivity index (χ4v) is 1.67. The van der Waals surface area contributed by atoms with E-state index in [-0.39, 0.29) is 5.91 Å². The Bertz CT molecular complexity index is 619. The molecular formula is C13H18N6O. The Labute approximate surface area is 117 Å². The first-order chi connectivity index (χ1) is 9.49. The van der Waals surface area contributed by atoms with E-state index in [1.54, 1.807) is 28.0 Å². The van der Waals surface area contributed by atoms with Gasteiger partial charge in [0.25, 0.3) is 5.91 Å². The molecule has 0 aliphatic rings. The molecule has 7 nitrogen and oxygen atoms in total. The van der Waals surface area contributed by atoms with Gasteiger partial charge in [-0.05, 0) is 19.9 Å². The summed E-state index contributed by atoms with van der Waals surface area (Å²) in [7, 11) is 3.67. The van der Waals surface area contributed by atoms with Crippen LogP contribution in [0.5, 0.6) is 0 Å². The molecule has 0 aliphatic carbocycles. The number of anilines is 2. The lowest BCUT2D eigenvalue weighted by atomic mass is 10.3. The number of hydrogen-bond donors (Lipinski definition) is 1. The zero-order valence-corrected chi connectivity index (χ0v) is 12.1. The Morgan fingerprint density at radius 2 is 2.15 bits per heavy atom. The van der Waals surface area contributed by atoms with E-state index >= 15 is 0 Å². The molecule has 0 saturated heterocycles. The third kappa shape index (κ3) is 3.11. The highest BCUT2D eigenvalue weighted by Crippen LogP contribution is 2.11. The van der Waals surface area contributed by atoms with E-state index in [1.807, 2.05) is 27.9 Å². The molecule has 106 valence electrons. The lowest BCUT2D eigenvalue weighted by Gasteiger charge is -2.12. The van der Waals surface area contributed by atoms with Gasteiger partial charge in [-0.15, -0.1) is 0 Å². The molecule has 1 amide bonds. The van der Waals surface area contributed by atoms with E-state index in [2.05, 4.69) is 20.4 Å². The fraction of sp³-hybridized carbons (Fsp3) is 0.385. The lowest BCUT2D eigenvalue weighted by molar-refractivity contribution is 0.102. The van der Waals surface area contributed by atoms with Crippen LogP contribution in [-0.4, -0.2) is 39.8 Å². The van der Waals surface area contributed by atoms with Gasteiger partial charge in [0.05, 0.1) is 11.9 Å². The average molecular weight is 274 g/mol. The van der Waals surface area contributed by atoms with Crippen molar-refractivity contribution in [3.8, 4) is 0 Å². The smallest absolute Gasteiger partial charge is 0.274 e. The molecule has 0 aromatic carbocycles. The van der Waals surface area contributed by atoms with Crippen molar-refractivity contribution >= 4 is 17.5 Å². The van der Waals surface area contributed by atoms with Gasteiger partial charge < -0.3 is 10.2 Å². The van der Waals surface area contributed by atoms with E-state index in [1.165, 1.54) is 0 Å². The van der Waals surface area contributed by atoms with Crippen molar-refractivity contribution in [2.75, 3.05) is 24.3 Å². The Morgan fingerprint density at radius 3 is 2.75 bits per heavy atom. The van der Waals surface area contributed by atoms with Crippen LogP contribution in [0.1, 0.15) is 23.1 Å². The number of carbonyl (C=O) groups excluding carboxylic acids is 1. The fourth-order valence-electron chi connectivity index (χ4n) is 1.67. The van der Waals surface area contributed by atoms with Gasteiger partial charge in [0.15, 0.2) is 0 Å². The summed E-state index contributed by atoms with van der Waals surface area (Å²) in [4.78, 5) is 22.4. The minimum absolute atomic E-state index is 0.269. The Morgan fingerprint density at radius 1 is 1.40 bits per heavy atom. The second-order valence-electron chi connectivity index (χ2n) is 4.63. The maximum atomic E-state index is 12.2. The van der Waals surface area contributed by atoms with Crippen LogP contribution < -0.4 is 10.2 Å². The van der Waals surface area contributed by atoms with Crippen LogP contribution in [0.2, 0.25) is 0 Å². The number of amides is 1. The highest BCUT2D eigenvalue weighted by molar-refractivity contribution is 6.02. The molecule has 0 spiro atoms. The standard InChI is InChI=1S/C13H18N6O/c1-5-19-8-10(7-14-19)16-12(20)11-6-9(2)15-13(17-11)18(3)4/h6-8H,5H2,1-4H3,(H,16,20). The molecule has 2 rings (SSSR count). The number of carbonyl (C=O) groups is 1. The first-order valence-electron chi connectivity index (χ1n) is 6.36. The van der Waals surface area contributed by atoms with Crippen LogP contribution in [0.3, 0.4) is 0 Å². The molecule has 1 N–H and O–H groups in total. The topological polar surface area (TPSA) is 75.9 Å². The van der Waals surface area contributed by atoms with Crippen LogP contribution in [0.25, 0.3) is 0 Å². The Hall–Kier alpha value is -2.44. The average Bonchev–Trinajstić information content (AvgIpc) is 2.85. The number of nitrogens with one attached hydrogen (secondary N) is 1.